The molecule has 0 N–H and O–H groups in total. The zero-order valence-corrected chi connectivity index (χ0v) is 23.0. The molecule has 0 fully saturated rings. The molecular weight excluding hydrogens is 515 g/mol. The predicted octanol–water partition coefficient (Wildman–Crippen LogP) is 11.4. The molecule has 0 saturated heterocycles. The lowest BCUT2D eigenvalue weighted by Crippen LogP contribution is -1.86. The summed E-state index contributed by atoms with van der Waals surface area (Å²) >= 11 is 1.82. The van der Waals surface area contributed by atoms with Gasteiger partial charge in [-0.1, -0.05) is 109 Å². The van der Waals surface area contributed by atoms with E-state index in [-0.39, 0.29) is 0 Å². The molecule has 0 aliphatic rings. The molecule has 0 aliphatic carbocycles. The minimum Gasteiger partial charge on any atom is -0.255 e. The second-order valence-corrected chi connectivity index (χ2v) is 11.8. The van der Waals surface area contributed by atoms with E-state index >= 15 is 0 Å². The number of hydrogen-bond acceptors (Lipinski definition) is 2. The second-order valence-electron chi connectivity index (χ2n) is 10.8. The Bertz CT molecular complexity index is 2450. The standard InChI is InChI=1S/C39H23NS/c1-2-12-30-28(10-1)29-11-3-4-13-31(29)35-21-26(16-18-32(30)35)24-8-7-9-25(20-24)27-17-19-33-36(22-27)40-23-38-39(33)34-14-5-6-15-37(34)41-38/h1-23H. The van der Waals surface area contributed by atoms with Crippen LogP contribution in [0.2, 0.25) is 0 Å². The van der Waals surface area contributed by atoms with Crippen LogP contribution in [-0.2, 0) is 0 Å². The van der Waals surface area contributed by atoms with Crippen LogP contribution in [0.15, 0.2) is 140 Å². The third-order valence-corrected chi connectivity index (χ3v) is 9.59. The van der Waals surface area contributed by atoms with E-state index < -0.39 is 0 Å². The van der Waals surface area contributed by atoms with Gasteiger partial charge in [0.05, 0.1) is 10.2 Å². The molecular formula is C39H23NS. The first-order valence-corrected chi connectivity index (χ1v) is 14.8. The first-order chi connectivity index (χ1) is 20.3. The van der Waals surface area contributed by atoms with Gasteiger partial charge in [0.1, 0.15) is 0 Å². The van der Waals surface area contributed by atoms with Crippen LogP contribution >= 0.6 is 11.3 Å². The van der Waals surface area contributed by atoms with Crippen LogP contribution in [-0.4, -0.2) is 4.98 Å². The van der Waals surface area contributed by atoms with E-state index in [1.54, 1.807) is 0 Å². The minimum absolute atomic E-state index is 1.04. The SMILES string of the molecule is c1cc(-c2ccc3c(c2)ncc2sc4ccccc4c23)cc(-c2ccc3c4ccccc4c4ccccc4c3c2)c1. The molecule has 2 heterocycles. The summed E-state index contributed by atoms with van der Waals surface area (Å²) in [4.78, 5) is 4.87. The fourth-order valence-corrected chi connectivity index (χ4v) is 7.65. The monoisotopic (exact) mass is 537 g/mol. The summed E-state index contributed by atoms with van der Waals surface area (Å²) in [6.07, 6.45) is 2.03. The van der Waals surface area contributed by atoms with Gasteiger partial charge in [0.2, 0.25) is 0 Å². The van der Waals surface area contributed by atoms with Crippen molar-refractivity contribution < 1.29 is 0 Å². The second kappa shape index (κ2) is 8.72. The summed E-state index contributed by atoms with van der Waals surface area (Å²) in [6, 6.07) is 48.7. The molecule has 9 rings (SSSR count). The molecule has 0 unspecified atom stereocenters. The van der Waals surface area contributed by atoms with Crippen LogP contribution < -0.4 is 0 Å². The number of benzene rings is 7. The fourth-order valence-electron chi connectivity index (χ4n) is 6.56. The highest BCUT2D eigenvalue weighted by molar-refractivity contribution is 7.26. The maximum Gasteiger partial charge on any atom is 0.0715 e. The van der Waals surface area contributed by atoms with Crippen molar-refractivity contribution in [2.24, 2.45) is 0 Å². The zero-order chi connectivity index (χ0) is 26.9. The molecule has 0 radical (unpaired) electrons. The molecule has 0 aliphatic heterocycles. The Morgan fingerprint density at radius 2 is 0.902 bits per heavy atom. The van der Waals surface area contributed by atoms with Gasteiger partial charge in [-0.05, 0) is 78.8 Å². The van der Waals surface area contributed by atoms with Gasteiger partial charge < -0.3 is 0 Å². The average Bonchev–Trinajstić information content (AvgIpc) is 3.44. The number of rotatable bonds is 2. The number of hydrogen-bond donors (Lipinski definition) is 0. The first kappa shape index (κ1) is 22.7. The molecule has 0 atom stereocenters. The van der Waals surface area contributed by atoms with Crippen molar-refractivity contribution in [1.82, 2.24) is 4.98 Å². The van der Waals surface area contributed by atoms with Gasteiger partial charge in [0.15, 0.2) is 0 Å². The van der Waals surface area contributed by atoms with Crippen molar-refractivity contribution in [2.75, 3.05) is 0 Å². The molecule has 0 amide bonds. The van der Waals surface area contributed by atoms with Crippen molar-refractivity contribution in [3.63, 3.8) is 0 Å². The molecule has 0 saturated carbocycles. The Hall–Kier alpha value is -5.05. The summed E-state index contributed by atoms with van der Waals surface area (Å²) < 4.78 is 2.55. The summed E-state index contributed by atoms with van der Waals surface area (Å²) in [7, 11) is 0. The third kappa shape index (κ3) is 3.45. The quantitative estimate of drug-likeness (QED) is 0.200. The van der Waals surface area contributed by atoms with Crippen LogP contribution in [0, 0.1) is 0 Å². The van der Waals surface area contributed by atoms with Crippen molar-refractivity contribution in [3.8, 4) is 22.3 Å². The summed E-state index contributed by atoms with van der Waals surface area (Å²) in [5, 5.41) is 11.6. The van der Waals surface area contributed by atoms with E-state index in [0.717, 1.165) is 5.52 Å². The van der Waals surface area contributed by atoms with Crippen LogP contribution in [0.5, 0.6) is 0 Å². The van der Waals surface area contributed by atoms with E-state index in [9.17, 15) is 0 Å². The highest BCUT2D eigenvalue weighted by Gasteiger charge is 2.12. The van der Waals surface area contributed by atoms with E-state index in [1.165, 1.54) is 80.1 Å². The van der Waals surface area contributed by atoms with E-state index in [1.807, 2.05) is 17.5 Å². The van der Waals surface area contributed by atoms with E-state index in [2.05, 4.69) is 133 Å². The molecule has 0 spiro atoms. The maximum atomic E-state index is 4.87. The third-order valence-electron chi connectivity index (χ3n) is 8.48. The van der Waals surface area contributed by atoms with Crippen molar-refractivity contribution in [3.05, 3.63) is 140 Å². The predicted molar refractivity (Wildman–Crippen MR) is 178 cm³/mol. The van der Waals surface area contributed by atoms with Crippen LogP contribution in [0.25, 0.3) is 85.6 Å². The Labute approximate surface area is 240 Å². The van der Waals surface area contributed by atoms with Gasteiger partial charge in [-0.2, -0.15) is 0 Å². The molecule has 0 bridgehead atoms. The van der Waals surface area contributed by atoms with E-state index in [4.69, 9.17) is 4.98 Å². The largest absolute Gasteiger partial charge is 0.255 e. The maximum absolute atomic E-state index is 4.87. The zero-order valence-electron chi connectivity index (χ0n) is 22.1. The smallest absolute Gasteiger partial charge is 0.0715 e. The lowest BCUT2D eigenvalue weighted by atomic mass is 9.91. The number of fused-ring (bicyclic) bond motifs is 11. The molecule has 2 aromatic heterocycles. The van der Waals surface area contributed by atoms with Crippen molar-refractivity contribution in [2.45, 2.75) is 0 Å². The number of nitrogens with zero attached hydrogens (tertiary/aromatic N) is 1. The first-order valence-electron chi connectivity index (χ1n) is 14.0. The Kier molecular flexibility index (Phi) is 4.84. The van der Waals surface area contributed by atoms with E-state index in [0.29, 0.717) is 0 Å². The molecule has 9 aromatic rings. The van der Waals surface area contributed by atoms with Gasteiger partial charge in [-0.15, -0.1) is 11.3 Å². The van der Waals surface area contributed by atoms with Crippen molar-refractivity contribution in [1.29, 1.82) is 0 Å². The molecule has 41 heavy (non-hydrogen) atoms. The van der Waals surface area contributed by atoms with Gasteiger partial charge in [0.25, 0.3) is 0 Å². The summed E-state index contributed by atoms with van der Waals surface area (Å²) in [5.74, 6) is 0. The molecule has 1 nitrogen and oxygen atoms in total. The molecule has 190 valence electrons. The average molecular weight is 538 g/mol. The minimum atomic E-state index is 1.04. The Morgan fingerprint density at radius 1 is 0.366 bits per heavy atom. The lowest BCUT2D eigenvalue weighted by molar-refractivity contribution is 1.45. The van der Waals surface area contributed by atoms with Crippen LogP contribution in [0.1, 0.15) is 0 Å². The normalized spacial score (nSPS) is 11.9. The van der Waals surface area contributed by atoms with Gasteiger partial charge in [-0.3, -0.25) is 4.98 Å². The van der Waals surface area contributed by atoms with Gasteiger partial charge in [-0.25, -0.2) is 0 Å². The highest BCUT2D eigenvalue weighted by atomic mass is 32.1. The summed E-state index contributed by atoms with van der Waals surface area (Å²) in [6.45, 7) is 0. The highest BCUT2D eigenvalue weighted by Crippen LogP contribution is 2.40. The van der Waals surface area contributed by atoms with Crippen molar-refractivity contribution >= 4 is 74.7 Å². The number of aromatic nitrogens is 1. The number of thiophene rings is 1. The Morgan fingerprint density at radius 3 is 1.61 bits per heavy atom. The van der Waals surface area contributed by atoms with Crippen LogP contribution in [0.4, 0.5) is 0 Å². The topological polar surface area (TPSA) is 12.9 Å². The summed E-state index contributed by atoms with van der Waals surface area (Å²) in [5.41, 5.74) is 5.86. The Balaban J connectivity index is 1.20. The fraction of sp³-hybridized carbons (Fsp3) is 0. The number of pyridine rings is 1. The molecule has 7 aromatic carbocycles. The lowest BCUT2D eigenvalue weighted by Gasteiger charge is -2.12. The molecule has 2 heteroatoms. The van der Waals surface area contributed by atoms with Crippen LogP contribution in [0.3, 0.4) is 0 Å². The van der Waals surface area contributed by atoms with Gasteiger partial charge in [0, 0.05) is 27.1 Å². The van der Waals surface area contributed by atoms with Gasteiger partial charge >= 0.3 is 0 Å².